The Hall–Kier alpha value is -1.30. The molecule has 14 heavy (non-hydrogen) atoms. The van der Waals surface area contributed by atoms with Crippen molar-refractivity contribution in [3.8, 4) is 0 Å². The average molecular weight is 200 g/mol. The Morgan fingerprint density at radius 3 is 2.50 bits per heavy atom. The Morgan fingerprint density at radius 1 is 1.50 bits per heavy atom. The van der Waals surface area contributed by atoms with Crippen molar-refractivity contribution in [1.29, 1.82) is 0 Å². The van der Waals surface area contributed by atoms with E-state index in [1.807, 2.05) is 0 Å². The van der Waals surface area contributed by atoms with Gasteiger partial charge in [0, 0.05) is 0 Å². The second kappa shape index (κ2) is 4.80. The lowest BCUT2D eigenvalue weighted by Gasteiger charge is -2.27. The molecule has 6 heteroatoms. The molecule has 0 aliphatic carbocycles. The third-order valence-corrected chi connectivity index (χ3v) is 2.59. The van der Waals surface area contributed by atoms with E-state index >= 15 is 0 Å². The van der Waals surface area contributed by atoms with Crippen LogP contribution in [0.15, 0.2) is 5.10 Å². The molecular formula is C8H16N4O2. The first-order valence-electron chi connectivity index (χ1n) is 4.63. The lowest BCUT2D eigenvalue weighted by Crippen LogP contribution is -2.41. The van der Waals surface area contributed by atoms with Crippen molar-refractivity contribution in [2.24, 2.45) is 28.5 Å². The number of hydrogen-bond donors (Lipinski definition) is 4. The van der Waals surface area contributed by atoms with Crippen LogP contribution >= 0.6 is 0 Å². The zero-order valence-electron chi connectivity index (χ0n) is 7.94. The number of amidine groups is 1. The van der Waals surface area contributed by atoms with E-state index in [4.69, 9.17) is 16.7 Å². The van der Waals surface area contributed by atoms with Crippen molar-refractivity contribution in [2.75, 3.05) is 13.1 Å². The number of hydrogen-bond acceptors (Lipinski definition) is 4. The second-order valence-corrected chi connectivity index (χ2v) is 3.46. The summed E-state index contributed by atoms with van der Waals surface area (Å²) in [5.74, 6) is 3.39. The predicted octanol–water partition coefficient (Wildman–Crippen LogP) is -1.08. The SMILES string of the molecule is NN=C(N)C(C(=O)O)C1CCNCC1. The summed E-state index contributed by atoms with van der Waals surface area (Å²) in [7, 11) is 0. The van der Waals surface area contributed by atoms with Gasteiger partial charge in [-0.05, 0) is 31.8 Å². The van der Waals surface area contributed by atoms with Crippen molar-refractivity contribution in [3.63, 3.8) is 0 Å². The second-order valence-electron chi connectivity index (χ2n) is 3.46. The first kappa shape index (κ1) is 10.8. The zero-order chi connectivity index (χ0) is 10.6. The van der Waals surface area contributed by atoms with Crippen molar-refractivity contribution in [2.45, 2.75) is 12.8 Å². The molecule has 1 aliphatic heterocycles. The Labute approximate surface area is 82.3 Å². The molecule has 0 bridgehead atoms. The molecule has 6 nitrogen and oxygen atoms in total. The van der Waals surface area contributed by atoms with E-state index < -0.39 is 11.9 Å². The number of piperidine rings is 1. The Kier molecular flexibility index (Phi) is 3.70. The van der Waals surface area contributed by atoms with Crippen LogP contribution in [0.25, 0.3) is 0 Å². The first-order valence-corrected chi connectivity index (χ1v) is 4.63. The van der Waals surface area contributed by atoms with Gasteiger partial charge < -0.3 is 22.0 Å². The molecule has 80 valence electrons. The van der Waals surface area contributed by atoms with Gasteiger partial charge in [0.05, 0.1) is 0 Å². The fraction of sp³-hybridized carbons (Fsp3) is 0.750. The van der Waals surface area contributed by atoms with E-state index in [1.54, 1.807) is 0 Å². The van der Waals surface area contributed by atoms with Crippen molar-refractivity contribution < 1.29 is 9.90 Å². The number of hydrazone groups is 1. The highest BCUT2D eigenvalue weighted by Gasteiger charge is 2.32. The summed E-state index contributed by atoms with van der Waals surface area (Å²) < 4.78 is 0. The molecule has 0 aromatic carbocycles. The van der Waals surface area contributed by atoms with Crippen LogP contribution in [0.4, 0.5) is 0 Å². The number of nitrogens with one attached hydrogen (secondary N) is 1. The number of aliphatic carboxylic acids is 1. The van der Waals surface area contributed by atoms with Gasteiger partial charge in [-0.25, -0.2) is 0 Å². The van der Waals surface area contributed by atoms with Gasteiger partial charge in [0.25, 0.3) is 0 Å². The van der Waals surface area contributed by atoms with Crippen molar-refractivity contribution >= 4 is 11.8 Å². The Morgan fingerprint density at radius 2 is 2.07 bits per heavy atom. The van der Waals surface area contributed by atoms with E-state index in [0.29, 0.717) is 0 Å². The molecule has 1 fully saturated rings. The summed E-state index contributed by atoms with van der Waals surface area (Å²) in [5.41, 5.74) is 5.47. The minimum Gasteiger partial charge on any atom is -0.481 e. The van der Waals surface area contributed by atoms with Crippen LogP contribution in [0.2, 0.25) is 0 Å². The summed E-state index contributed by atoms with van der Waals surface area (Å²) >= 11 is 0. The molecule has 0 saturated carbocycles. The molecule has 0 amide bonds. The fourth-order valence-corrected chi connectivity index (χ4v) is 1.83. The van der Waals surface area contributed by atoms with Crippen LogP contribution < -0.4 is 16.9 Å². The van der Waals surface area contributed by atoms with Crippen LogP contribution in [0.1, 0.15) is 12.8 Å². The molecule has 0 radical (unpaired) electrons. The topological polar surface area (TPSA) is 114 Å². The molecule has 1 unspecified atom stereocenters. The highest BCUT2D eigenvalue weighted by molar-refractivity contribution is 5.99. The van der Waals surface area contributed by atoms with Gasteiger partial charge in [0.2, 0.25) is 0 Å². The van der Waals surface area contributed by atoms with Crippen LogP contribution in [0, 0.1) is 11.8 Å². The molecule has 1 heterocycles. The van der Waals surface area contributed by atoms with Gasteiger partial charge in [0.15, 0.2) is 0 Å². The Balaban J connectivity index is 2.70. The maximum atomic E-state index is 11.0. The number of carboxylic acids is 1. The highest BCUT2D eigenvalue weighted by atomic mass is 16.4. The zero-order valence-corrected chi connectivity index (χ0v) is 7.94. The van der Waals surface area contributed by atoms with Gasteiger partial charge in [-0.15, -0.1) is 0 Å². The lowest BCUT2D eigenvalue weighted by molar-refractivity contribution is -0.141. The third kappa shape index (κ3) is 2.35. The molecule has 1 rings (SSSR count). The van der Waals surface area contributed by atoms with Crippen LogP contribution in [0.3, 0.4) is 0 Å². The summed E-state index contributed by atoms with van der Waals surface area (Å²) in [4.78, 5) is 11.0. The molecule has 0 aromatic rings. The maximum Gasteiger partial charge on any atom is 0.314 e. The molecule has 0 aromatic heterocycles. The molecule has 1 saturated heterocycles. The molecule has 1 aliphatic rings. The minimum atomic E-state index is -0.941. The van der Waals surface area contributed by atoms with E-state index in [0.717, 1.165) is 25.9 Å². The summed E-state index contributed by atoms with van der Waals surface area (Å²) in [6.45, 7) is 1.65. The number of nitrogens with two attached hydrogens (primary N) is 2. The smallest absolute Gasteiger partial charge is 0.314 e. The number of nitrogens with zero attached hydrogens (tertiary/aromatic N) is 1. The van der Waals surface area contributed by atoms with E-state index in [2.05, 4.69) is 10.4 Å². The average Bonchev–Trinajstić information content (AvgIpc) is 2.19. The first-order chi connectivity index (χ1) is 6.66. The summed E-state index contributed by atoms with van der Waals surface area (Å²) in [6, 6.07) is 0. The number of rotatable bonds is 3. The normalized spacial score (nSPS) is 21.9. The van der Waals surface area contributed by atoms with E-state index in [9.17, 15) is 4.79 Å². The van der Waals surface area contributed by atoms with Crippen LogP contribution in [0.5, 0.6) is 0 Å². The minimum absolute atomic E-state index is 0.0180. The molecule has 1 atom stereocenters. The van der Waals surface area contributed by atoms with Crippen molar-refractivity contribution in [3.05, 3.63) is 0 Å². The van der Waals surface area contributed by atoms with Gasteiger partial charge in [-0.3, -0.25) is 4.79 Å². The van der Waals surface area contributed by atoms with Gasteiger partial charge in [-0.2, -0.15) is 5.10 Å². The maximum absolute atomic E-state index is 11.0. The van der Waals surface area contributed by atoms with Crippen LogP contribution in [-0.2, 0) is 4.79 Å². The van der Waals surface area contributed by atoms with Gasteiger partial charge in [-0.1, -0.05) is 0 Å². The summed E-state index contributed by atoms with van der Waals surface area (Å²) in [5, 5.41) is 15.4. The van der Waals surface area contributed by atoms with Gasteiger partial charge in [0.1, 0.15) is 11.8 Å². The van der Waals surface area contributed by atoms with Crippen molar-refractivity contribution in [1.82, 2.24) is 5.32 Å². The Bertz CT molecular complexity index is 235. The monoisotopic (exact) mass is 200 g/mol. The highest BCUT2D eigenvalue weighted by Crippen LogP contribution is 2.22. The predicted molar refractivity (Wildman–Crippen MR) is 52.5 cm³/mol. The fourth-order valence-electron chi connectivity index (χ4n) is 1.83. The van der Waals surface area contributed by atoms with E-state index in [-0.39, 0.29) is 11.8 Å². The molecular weight excluding hydrogens is 184 g/mol. The third-order valence-electron chi connectivity index (χ3n) is 2.59. The van der Waals surface area contributed by atoms with Crippen LogP contribution in [-0.4, -0.2) is 30.0 Å². The standard InChI is InChI=1S/C8H16N4O2/c9-7(12-10)6(8(13)14)5-1-3-11-4-2-5/h5-6,11H,1-4,10H2,(H2,9,12)(H,13,14). The number of carbonyl (C=O) groups is 1. The quantitative estimate of drug-likeness (QED) is 0.200. The number of carboxylic acid groups (broad SMARTS) is 1. The lowest BCUT2D eigenvalue weighted by atomic mass is 9.84. The largest absolute Gasteiger partial charge is 0.481 e. The summed E-state index contributed by atoms with van der Waals surface area (Å²) in [6.07, 6.45) is 1.60. The molecule has 6 N–H and O–H groups in total. The van der Waals surface area contributed by atoms with E-state index in [1.165, 1.54) is 0 Å². The molecule has 0 spiro atoms. The van der Waals surface area contributed by atoms with Gasteiger partial charge >= 0.3 is 5.97 Å².